The molecular weight excluding hydrogens is 325 g/mol. The lowest BCUT2D eigenvalue weighted by Crippen LogP contribution is -1.96. The van der Waals surface area contributed by atoms with Crippen molar-refractivity contribution in [1.82, 2.24) is 0 Å². The lowest BCUT2D eigenvalue weighted by molar-refractivity contribution is -0.384. The molecule has 2 aromatic carbocycles. The van der Waals surface area contributed by atoms with E-state index in [0.717, 1.165) is 5.56 Å². The molecule has 0 radical (unpaired) electrons. The molecule has 0 aliphatic heterocycles. The first kappa shape index (κ1) is 14.9. The van der Waals surface area contributed by atoms with Gasteiger partial charge >= 0.3 is 0 Å². The minimum atomic E-state index is -0.551. The summed E-state index contributed by atoms with van der Waals surface area (Å²) < 4.78 is 5.49. The zero-order chi connectivity index (χ0) is 14.7. The van der Waals surface area contributed by atoms with Gasteiger partial charge in [-0.1, -0.05) is 40.9 Å². The number of rotatable bonds is 4. The van der Waals surface area contributed by atoms with Crippen molar-refractivity contribution in [1.29, 1.82) is 0 Å². The molecule has 0 bridgehead atoms. The monoisotopic (exact) mass is 331 g/mol. The molecule has 0 amide bonds. The highest BCUT2D eigenvalue weighted by molar-refractivity contribution is 6.42. The number of halogens is 3. The van der Waals surface area contributed by atoms with Crippen molar-refractivity contribution in [3.8, 4) is 5.75 Å². The SMILES string of the molecule is O=[N+]([O-])c1ccc(OCc2ccc(Cl)c(Cl)c2)cc1Cl. The highest BCUT2D eigenvalue weighted by Crippen LogP contribution is 2.29. The molecule has 104 valence electrons. The van der Waals surface area contributed by atoms with E-state index in [4.69, 9.17) is 39.5 Å². The zero-order valence-corrected chi connectivity index (χ0v) is 12.2. The predicted octanol–water partition coefficient (Wildman–Crippen LogP) is 5.13. The molecule has 7 heteroatoms. The van der Waals surface area contributed by atoms with E-state index >= 15 is 0 Å². The number of ether oxygens (including phenoxy) is 1. The van der Waals surface area contributed by atoms with Gasteiger partial charge in [-0.05, 0) is 23.8 Å². The molecule has 0 aliphatic carbocycles. The molecule has 2 aromatic rings. The van der Waals surface area contributed by atoms with Crippen LogP contribution in [-0.2, 0) is 6.61 Å². The normalized spacial score (nSPS) is 10.3. The lowest BCUT2D eigenvalue weighted by atomic mass is 10.2. The van der Waals surface area contributed by atoms with Gasteiger partial charge in [0.05, 0.1) is 15.0 Å². The minimum Gasteiger partial charge on any atom is -0.489 e. The molecular formula is C13H8Cl3NO3. The van der Waals surface area contributed by atoms with Gasteiger partial charge in [0.1, 0.15) is 17.4 Å². The first-order valence-electron chi connectivity index (χ1n) is 5.48. The summed E-state index contributed by atoms with van der Waals surface area (Å²) in [5.74, 6) is 0.437. The Labute approximate surface area is 130 Å². The summed E-state index contributed by atoms with van der Waals surface area (Å²) >= 11 is 17.5. The predicted molar refractivity (Wildman–Crippen MR) is 78.9 cm³/mol. The summed E-state index contributed by atoms with van der Waals surface area (Å²) in [6, 6.07) is 9.33. The fourth-order valence-corrected chi connectivity index (χ4v) is 2.08. The van der Waals surface area contributed by atoms with Gasteiger partial charge in [0.15, 0.2) is 0 Å². The van der Waals surface area contributed by atoms with Gasteiger partial charge in [0.25, 0.3) is 5.69 Å². The topological polar surface area (TPSA) is 52.4 Å². The number of nitro benzene ring substituents is 1. The molecule has 2 rings (SSSR count). The maximum absolute atomic E-state index is 10.6. The van der Waals surface area contributed by atoms with Crippen molar-refractivity contribution in [3.63, 3.8) is 0 Å². The molecule has 0 heterocycles. The smallest absolute Gasteiger partial charge is 0.288 e. The Morgan fingerprint density at radius 3 is 2.35 bits per heavy atom. The van der Waals surface area contributed by atoms with Crippen LogP contribution in [0, 0.1) is 10.1 Å². The van der Waals surface area contributed by atoms with Crippen LogP contribution in [0.1, 0.15) is 5.56 Å². The lowest BCUT2D eigenvalue weighted by Gasteiger charge is -2.07. The quantitative estimate of drug-likeness (QED) is 0.576. The number of nitro groups is 1. The molecule has 20 heavy (non-hydrogen) atoms. The average Bonchev–Trinajstić information content (AvgIpc) is 2.40. The van der Waals surface area contributed by atoms with Crippen molar-refractivity contribution in [2.75, 3.05) is 0 Å². The van der Waals surface area contributed by atoms with Crippen LogP contribution >= 0.6 is 34.8 Å². The van der Waals surface area contributed by atoms with Crippen LogP contribution in [0.5, 0.6) is 5.75 Å². The number of hydrogen-bond donors (Lipinski definition) is 0. The van der Waals surface area contributed by atoms with Crippen LogP contribution in [0.25, 0.3) is 0 Å². The fraction of sp³-hybridized carbons (Fsp3) is 0.0769. The Morgan fingerprint density at radius 1 is 1.00 bits per heavy atom. The fourth-order valence-electron chi connectivity index (χ4n) is 1.52. The van der Waals surface area contributed by atoms with Crippen molar-refractivity contribution in [2.24, 2.45) is 0 Å². The molecule has 0 aliphatic rings. The van der Waals surface area contributed by atoms with Crippen LogP contribution in [-0.4, -0.2) is 4.92 Å². The Morgan fingerprint density at radius 2 is 1.75 bits per heavy atom. The standard InChI is InChI=1S/C13H8Cl3NO3/c14-10-3-1-8(5-11(10)15)7-20-9-2-4-13(17(18)19)12(16)6-9/h1-6H,7H2. The van der Waals surface area contributed by atoms with Gasteiger partial charge < -0.3 is 4.74 Å². The van der Waals surface area contributed by atoms with Gasteiger partial charge in [-0.3, -0.25) is 10.1 Å². The third kappa shape index (κ3) is 3.54. The van der Waals surface area contributed by atoms with Crippen LogP contribution in [0.3, 0.4) is 0 Å². The summed E-state index contributed by atoms with van der Waals surface area (Å²) in [7, 11) is 0. The second-order valence-electron chi connectivity index (χ2n) is 3.91. The van der Waals surface area contributed by atoms with Crippen molar-refractivity contribution >= 4 is 40.5 Å². The summed E-state index contributed by atoms with van der Waals surface area (Å²) in [6.07, 6.45) is 0. The summed E-state index contributed by atoms with van der Waals surface area (Å²) in [4.78, 5) is 10.1. The molecule has 0 fully saturated rings. The van der Waals surface area contributed by atoms with Gasteiger partial charge in [0.2, 0.25) is 0 Å². The van der Waals surface area contributed by atoms with Crippen molar-refractivity contribution < 1.29 is 9.66 Å². The number of hydrogen-bond acceptors (Lipinski definition) is 3. The molecule has 0 unspecified atom stereocenters. The molecule has 0 aromatic heterocycles. The largest absolute Gasteiger partial charge is 0.489 e. The third-order valence-electron chi connectivity index (χ3n) is 2.51. The Kier molecular flexibility index (Phi) is 4.70. The average molecular weight is 333 g/mol. The molecule has 4 nitrogen and oxygen atoms in total. The van der Waals surface area contributed by atoms with E-state index in [2.05, 4.69) is 0 Å². The van der Waals surface area contributed by atoms with Gasteiger partial charge in [-0.2, -0.15) is 0 Å². The highest BCUT2D eigenvalue weighted by atomic mass is 35.5. The number of nitrogens with zero attached hydrogens (tertiary/aromatic N) is 1. The second kappa shape index (κ2) is 6.31. The maximum Gasteiger partial charge on any atom is 0.288 e. The van der Waals surface area contributed by atoms with E-state index in [9.17, 15) is 10.1 Å². The van der Waals surface area contributed by atoms with Gasteiger partial charge in [-0.15, -0.1) is 0 Å². The van der Waals surface area contributed by atoms with Gasteiger partial charge in [0, 0.05) is 12.1 Å². The maximum atomic E-state index is 10.6. The summed E-state index contributed by atoms with van der Waals surface area (Å²) in [6.45, 7) is 0.255. The highest BCUT2D eigenvalue weighted by Gasteiger charge is 2.12. The third-order valence-corrected chi connectivity index (χ3v) is 3.55. The summed E-state index contributed by atoms with van der Waals surface area (Å²) in [5, 5.41) is 11.6. The van der Waals surface area contributed by atoms with E-state index in [1.807, 2.05) is 0 Å². The zero-order valence-electron chi connectivity index (χ0n) is 9.98. The van der Waals surface area contributed by atoms with Crippen LogP contribution < -0.4 is 4.74 Å². The molecule has 0 N–H and O–H groups in total. The van der Waals surface area contributed by atoms with E-state index in [1.54, 1.807) is 18.2 Å². The van der Waals surface area contributed by atoms with E-state index in [1.165, 1.54) is 18.2 Å². The van der Waals surface area contributed by atoms with E-state index in [-0.39, 0.29) is 17.3 Å². The Bertz CT molecular complexity index is 661. The van der Waals surface area contributed by atoms with Gasteiger partial charge in [-0.25, -0.2) is 0 Å². The van der Waals surface area contributed by atoms with Crippen LogP contribution in [0.2, 0.25) is 15.1 Å². The van der Waals surface area contributed by atoms with Crippen molar-refractivity contribution in [3.05, 3.63) is 67.1 Å². The second-order valence-corrected chi connectivity index (χ2v) is 5.13. The molecule has 0 atom stereocenters. The van der Waals surface area contributed by atoms with Crippen molar-refractivity contribution in [2.45, 2.75) is 6.61 Å². The summed E-state index contributed by atoms with van der Waals surface area (Å²) in [5.41, 5.74) is 0.669. The van der Waals surface area contributed by atoms with E-state index < -0.39 is 4.92 Å². The molecule has 0 saturated heterocycles. The minimum absolute atomic E-state index is 0.0293. The number of benzene rings is 2. The Balaban J connectivity index is 2.09. The molecule has 0 saturated carbocycles. The van der Waals surface area contributed by atoms with E-state index in [0.29, 0.717) is 15.8 Å². The van der Waals surface area contributed by atoms with Crippen LogP contribution in [0.15, 0.2) is 36.4 Å². The first-order chi connectivity index (χ1) is 9.47. The first-order valence-corrected chi connectivity index (χ1v) is 6.61. The van der Waals surface area contributed by atoms with Crippen LogP contribution in [0.4, 0.5) is 5.69 Å². The molecule has 0 spiro atoms. The Hall–Kier alpha value is -1.49.